The highest BCUT2D eigenvalue weighted by Gasteiger charge is 2.20. The largest absolute Gasteiger partial charge is 0.478 e. The van der Waals surface area contributed by atoms with E-state index in [9.17, 15) is 26.8 Å². The molecule has 0 aliphatic rings. The summed E-state index contributed by atoms with van der Waals surface area (Å²) in [5.74, 6) is -4.70. The topological polar surface area (TPSA) is 113 Å². The summed E-state index contributed by atoms with van der Waals surface area (Å²) in [6, 6.07) is 5.55. The van der Waals surface area contributed by atoms with Crippen LogP contribution in [0.5, 0.6) is 0 Å². The molecule has 2 aromatic carbocycles. The van der Waals surface area contributed by atoms with Crippen molar-refractivity contribution in [3.8, 4) is 0 Å². The summed E-state index contributed by atoms with van der Waals surface area (Å²) in [6.07, 6.45) is 0. The number of aromatic carboxylic acids is 1. The fourth-order valence-corrected chi connectivity index (χ4v) is 2.98. The van der Waals surface area contributed by atoms with Crippen molar-refractivity contribution >= 4 is 27.6 Å². The van der Waals surface area contributed by atoms with Crippen LogP contribution >= 0.6 is 0 Å². The predicted octanol–water partition coefficient (Wildman–Crippen LogP) is 1.82. The van der Waals surface area contributed by atoms with Gasteiger partial charge in [-0.15, -0.1) is 0 Å². The van der Waals surface area contributed by atoms with Crippen LogP contribution in [0.1, 0.15) is 20.7 Å². The van der Waals surface area contributed by atoms with E-state index in [1.165, 1.54) is 19.2 Å². The first-order valence-corrected chi connectivity index (χ1v) is 8.21. The molecule has 0 bridgehead atoms. The van der Waals surface area contributed by atoms with Crippen LogP contribution in [0.25, 0.3) is 0 Å². The van der Waals surface area contributed by atoms with Gasteiger partial charge in [-0.3, -0.25) is 9.52 Å². The second-order valence-corrected chi connectivity index (χ2v) is 6.51. The Morgan fingerprint density at radius 3 is 2.16 bits per heavy atom. The van der Waals surface area contributed by atoms with Crippen LogP contribution in [-0.4, -0.2) is 32.4 Å². The zero-order chi connectivity index (χ0) is 18.8. The highest BCUT2D eigenvalue weighted by molar-refractivity contribution is 7.92. The molecule has 0 fully saturated rings. The first-order valence-electron chi connectivity index (χ1n) is 6.73. The molecule has 0 aliphatic carbocycles. The minimum atomic E-state index is -4.28. The van der Waals surface area contributed by atoms with Gasteiger partial charge in [0.25, 0.3) is 15.9 Å². The van der Waals surface area contributed by atoms with Gasteiger partial charge in [0.1, 0.15) is 11.6 Å². The Labute approximate surface area is 141 Å². The third-order valence-corrected chi connectivity index (χ3v) is 4.57. The summed E-state index contributed by atoms with van der Waals surface area (Å²) < 4.78 is 53.5. The molecule has 0 spiro atoms. The van der Waals surface area contributed by atoms with Gasteiger partial charge in [-0.05, 0) is 30.3 Å². The first kappa shape index (κ1) is 18.3. The van der Waals surface area contributed by atoms with Gasteiger partial charge in [0, 0.05) is 18.7 Å². The van der Waals surface area contributed by atoms with Gasteiger partial charge < -0.3 is 10.4 Å². The number of hydrogen-bond donors (Lipinski definition) is 3. The minimum Gasteiger partial charge on any atom is -0.478 e. The normalized spacial score (nSPS) is 11.0. The number of sulfonamides is 1. The van der Waals surface area contributed by atoms with Crippen LogP contribution in [-0.2, 0) is 10.0 Å². The van der Waals surface area contributed by atoms with Crippen LogP contribution in [0.4, 0.5) is 14.5 Å². The molecule has 0 saturated heterocycles. The highest BCUT2D eigenvalue weighted by Crippen LogP contribution is 2.23. The summed E-state index contributed by atoms with van der Waals surface area (Å²) in [5, 5.41) is 11.2. The predicted molar refractivity (Wildman–Crippen MR) is 84.0 cm³/mol. The smallest absolute Gasteiger partial charge is 0.338 e. The Morgan fingerprint density at radius 1 is 1.04 bits per heavy atom. The van der Waals surface area contributed by atoms with Crippen LogP contribution in [0, 0.1) is 11.6 Å². The number of hydrogen-bond acceptors (Lipinski definition) is 4. The van der Waals surface area contributed by atoms with E-state index in [1.807, 2.05) is 4.72 Å². The van der Waals surface area contributed by atoms with Crippen molar-refractivity contribution in [3.05, 3.63) is 59.2 Å². The molecule has 25 heavy (non-hydrogen) atoms. The molecule has 1 amide bonds. The summed E-state index contributed by atoms with van der Waals surface area (Å²) >= 11 is 0. The lowest BCUT2D eigenvalue weighted by molar-refractivity contribution is 0.0691. The SMILES string of the molecule is CNC(=O)c1ccc(S(=O)(=O)Nc2cc(C(=O)O)c(F)cc2F)cc1. The van der Waals surface area contributed by atoms with E-state index in [0.29, 0.717) is 6.07 Å². The summed E-state index contributed by atoms with van der Waals surface area (Å²) in [4.78, 5) is 22.0. The summed E-state index contributed by atoms with van der Waals surface area (Å²) in [7, 11) is -2.87. The maximum absolute atomic E-state index is 13.7. The van der Waals surface area contributed by atoms with E-state index in [4.69, 9.17) is 5.11 Å². The Kier molecular flexibility index (Phi) is 5.02. The molecular weight excluding hydrogens is 358 g/mol. The third kappa shape index (κ3) is 3.91. The number of carbonyl (C=O) groups excluding carboxylic acids is 1. The molecule has 0 saturated carbocycles. The molecule has 3 N–H and O–H groups in total. The average molecular weight is 370 g/mol. The van der Waals surface area contributed by atoms with Crippen molar-refractivity contribution < 1.29 is 31.9 Å². The Bertz CT molecular complexity index is 943. The number of anilines is 1. The van der Waals surface area contributed by atoms with Crippen LogP contribution in [0.3, 0.4) is 0 Å². The zero-order valence-corrected chi connectivity index (χ0v) is 13.5. The lowest BCUT2D eigenvalue weighted by atomic mass is 10.2. The standard InChI is InChI=1S/C15H12F2N2O5S/c1-18-14(20)8-2-4-9(5-3-8)25(23,24)19-13-6-10(15(21)22)11(16)7-12(13)17/h2-7,19H,1H3,(H,18,20)(H,21,22). The Hall–Kier alpha value is -3.01. The van der Waals surface area contributed by atoms with Crippen molar-refractivity contribution in [3.63, 3.8) is 0 Å². The molecule has 10 heteroatoms. The maximum atomic E-state index is 13.7. The van der Waals surface area contributed by atoms with E-state index in [1.54, 1.807) is 0 Å². The van der Waals surface area contributed by atoms with E-state index < -0.39 is 44.8 Å². The van der Waals surface area contributed by atoms with E-state index >= 15 is 0 Å². The van der Waals surface area contributed by atoms with Crippen molar-refractivity contribution in [2.45, 2.75) is 4.90 Å². The van der Waals surface area contributed by atoms with E-state index in [-0.39, 0.29) is 16.5 Å². The second-order valence-electron chi connectivity index (χ2n) is 4.83. The van der Waals surface area contributed by atoms with Crippen molar-refractivity contribution in [2.75, 3.05) is 11.8 Å². The van der Waals surface area contributed by atoms with E-state index in [0.717, 1.165) is 12.1 Å². The van der Waals surface area contributed by atoms with Crippen LogP contribution in [0.15, 0.2) is 41.3 Å². The number of carboxylic acids is 1. The number of rotatable bonds is 5. The molecule has 0 aliphatic heterocycles. The highest BCUT2D eigenvalue weighted by atomic mass is 32.2. The monoisotopic (exact) mass is 370 g/mol. The molecule has 2 aromatic rings. The van der Waals surface area contributed by atoms with Gasteiger partial charge in [-0.1, -0.05) is 0 Å². The number of carbonyl (C=O) groups is 2. The number of nitrogens with one attached hydrogen (secondary N) is 2. The van der Waals surface area contributed by atoms with Crippen LogP contribution < -0.4 is 10.0 Å². The van der Waals surface area contributed by atoms with Gasteiger partial charge in [-0.2, -0.15) is 0 Å². The van der Waals surface area contributed by atoms with Gasteiger partial charge >= 0.3 is 5.97 Å². The Morgan fingerprint density at radius 2 is 1.64 bits per heavy atom. The molecule has 0 aromatic heterocycles. The molecule has 0 radical (unpaired) electrons. The van der Waals surface area contributed by atoms with Gasteiger partial charge in [0.15, 0.2) is 0 Å². The number of carboxylic acid groups (broad SMARTS) is 1. The van der Waals surface area contributed by atoms with Gasteiger partial charge in [0.2, 0.25) is 0 Å². The molecule has 2 rings (SSSR count). The molecule has 0 unspecified atom stereocenters. The number of halogens is 2. The number of benzene rings is 2. The van der Waals surface area contributed by atoms with Crippen molar-refractivity contribution in [1.29, 1.82) is 0 Å². The zero-order valence-electron chi connectivity index (χ0n) is 12.7. The molecule has 132 valence electrons. The fraction of sp³-hybridized carbons (Fsp3) is 0.0667. The third-order valence-electron chi connectivity index (χ3n) is 3.19. The quantitative estimate of drug-likeness (QED) is 0.743. The lowest BCUT2D eigenvalue weighted by Gasteiger charge is -2.10. The minimum absolute atomic E-state index is 0.211. The number of amides is 1. The summed E-state index contributed by atoms with van der Waals surface area (Å²) in [5.41, 5.74) is -1.38. The fourth-order valence-electron chi connectivity index (χ4n) is 1.92. The van der Waals surface area contributed by atoms with Gasteiger partial charge in [0.05, 0.1) is 16.1 Å². The van der Waals surface area contributed by atoms with Crippen molar-refractivity contribution in [2.24, 2.45) is 0 Å². The van der Waals surface area contributed by atoms with E-state index in [2.05, 4.69) is 5.32 Å². The van der Waals surface area contributed by atoms with Gasteiger partial charge in [-0.25, -0.2) is 22.0 Å². The molecule has 0 atom stereocenters. The second kappa shape index (κ2) is 6.85. The first-order chi connectivity index (χ1) is 11.7. The molecule has 0 heterocycles. The maximum Gasteiger partial charge on any atom is 0.338 e. The Balaban J connectivity index is 2.37. The van der Waals surface area contributed by atoms with Crippen molar-refractivity contribution in [1.82, 2.24) is 5.32 Å². The average Bonchev–Trinajstić information content (AvgIpc) is 2.56. The lowest BCUT2D eigenvalue weighted by Crippen LogP contribution is -2.18. The molecule has 7 nitrogen and oxygen atoms in total. The van der Waals surface area contributed by atoms with Crippen LogP contribution in [0.2, 0.25) is 0 Å². The summed E-state index contributed by atoms with van der Waals surface area (Å²) in [6.45, 7) is 0. The molecular formula is C15H12F2N2O5S.